The molecular weight excluding hydrogens is 210 g/mol. The minimum atomic E-state index is -1.34. The molecule has 5 nitrogen and oxygen atoms in total. The van der Waals surface area contributed by atoms with E-state index in [1.54, 1.807) is 30.3 Å². The van der Waals surface area contributed by atoms with Crippen molar-refractivity contribution in [3.05, 3.63) is 35.9 Å². The second-order valence-electron chi connectivity index (χ2n) is 3.38. The summed E-state index contributed by atoms with van der Waals surface area (Å²) in [4.78, 5) is 21.9. The van der Waals surface area contributed by atoms with E-state index in [1.165, 1.54) is 6.92 Å². The second kappa shape index (κ2) is 5.27. The van der Waals surface area contributed by atoms with Crippen LogP contribution in [0.3, 0.4) is 0 Å². The lowest BCUT2D eigenvalue weighted by Gasteiger charge is -2.13. The van der Waals surface area contributed by atoms with Crippen LogP contribution in [0.1, 0.15) is 18.6 Å². The number of benzene rings is 1. The Labute approximate surface area is 92.7 Å². The van der Waals surface area contributed by atoms with Gasteiger partial charge in [-0.1, -0.05) is 30.3 Å². The predicted octanol–water partition coefficient (Wildman–Crippen LogP) is 0.309. The zero-order valence-electron chi connectivity index (χ0n) is 8.75. The van der Waals surface area contributed by atoms with Gasteiger partial charge in [0.2, 0.25) is 0 Å². The van der Waals surface area contributed by atoms with E-state index in [4.69, 9.17) is 5.11 Å². The van der Waals surface area contributed by atoms with E-state index >= 15 is 0 Å². The Morgan fingerprint density at radius 1 is 1.25 bits per heavy atom. The molecule has 0 bridgehead atoms. The summed E-state index contributed by atoms with van der Waals surface area (Å²) in [5.74, 6) is -1.87. The number of amides is 1. The monoisotopic (exact) mass is 223 g/mol. The Kier molecular flexibility index (Phi) is 4.02. The molecule has 0 unspecified atom stereocenters. The van der Waals surface area contributed by atoms with Crippen LogP contribution >= 0.6 is 0 Å². The van der Waals surface area contributed by atoms with Crippen LogP contribution in [-0.2, 0) is 9.59 Å². The Hall–Kier alpha value is -1.88. The van der Waals surface area contributed by atoms with Gasteiger partial charge in [-0.15, -0.1) is 0 Å². The summed E-state index contributed by atoms with van der Waals surface area (Å²) in [7, 11) is 0. The average Bonchev–Trinajstić information content (AvgIpc) is 2.28. The van der Waals surface area contributed by atoms with Gasteiger partial charge in [0.05, 0.1) is 0 Å². The third-order valence-electron chi connectivity index (χ3n) is 2.09. The van der Waals surface area contributed by atoms with Gasteiger partial charge in [0.1, 0.15) is 6.04 Å². The van der Waals surface area contributed by atoms with Gasteiger partial charge in [0.15, 0.2) is 6.10 Å². The summed E-state index contributed by atoms with van der Waals surface area (Å²) >= 11 is 0. The third-order valence-corrected chi connectivity index (χ3v) is 2.09. The van der Waals surface area contributed by atoms with Crippen LogP contribution in [0.2, 0.25) is 0 Å². The molecule has 0 aliphatic heterocycles. The maximum atomic E-state index is 11.4. The van der Waals surface area contributed by atoms with Crippen molar-refractivity contribution >= 4 is 11.9 Å². The van der Waals surface area contributed by atoms with Crippen molar-refractivity contribution in [2.24, 2.45) is 0 Å². The van der Waals surface area contributed by atoms with Gasteiger partial charge >= 0.3 is 5.97 Å². The topological polar surface area (TPSA) is 86.6 Å². The van der Waals surface area contributed by atoms with E-state index < -0.39 is 24.0 Å². The lowest BCUT2D eigenvalue weighted by Crippen LogP contribution is -2.40. The van der Waals surface area contributed by atoms with Crippen molar-refractivity contribution in [2.75, 3.05) is 0 Å². The molecule has 5 heteroatoms. The maximum absolute atomic E-state index is 11.4. The number of rotatable bonds is 4. The molecule has 1 aromatic rings. The van der Waals surface area contributed by atoms with E-state index in [0.717, 1.165) is 0 Å². The zero-order valence-corrected chi connectivity index (χ0v) is 8.75. The van der Waals surface area contributed by atoms with Gasteiger partial charge in [0.25, 0.3) is 5.91 Å². The minimum absolute atomic E-state index is 0.428. The summed E-state index contributed by atoms with van der Waals surface area (Å²) in [6.07, 6.45) is -1.34. The molecule has 0 fully saturated rings. The number of aliphatic hydroxyl groups is 1. The molecule has 0 aliphatic carbocycles. The van der Waals surface area contributed by atoms with Gasteiger partial charge in [-0.3, -0.25) is 9.59 Å². The molecule has 0 heterocycles. The first-order valence-corrected chi connectivity index (χ1v) is 4.78. The minimum Gasteiger partial charge on any atom is -0.480 e. The van der Waals surface area contributed by atoms with Crippen LogP contribution < -0.4 is 5.32 Å². The number of carboxylic acids is 1. The van der Waals surface area contributed by atoms with Crippen molar-refractivity contribution < 1.29 is 19.8 Å². The lowest BCUT2D eigenvalue weighted by atomic mass is 10.1. The summed E-state index contributed by atoms with van der Waals surface area (Å²) in [5.41, 5.74) is 0.428. The quantitative estimate of drug-likeness (QED) is 0.685. The molecule has 1 aromatic carbocycles. The molecule has 1 amide bonds. The first-order chi connectivity index (χ1) is 7.52. The zero-order chi connectivity index (χ0) is 12.1. The Balaban J connectivity index is 2.65. The highest BCUT2D eigenvalue weighted by Crippen LogP contribution is 2.11. The number of aliphatic hydroxyl groups excluding tert-OH is 1. The normalized spacial score (nSPS) is 13.9. The Bertz CT molecular complexity index is 377. The van der Waals surface area contributed by atoms with Crippen molar-refractivity contribution in [1.82, 2.24) is 5.32 Å². The molecule has 1 rings (SSSR count). The molecule has 86 valence electrons. The number of nitrogens with one attached hydrogen (secondary N) is 1. The molecule has 0 saturated heterocycles. The molecule has 3 N–H and O–H groups in total. The molecule has 2 atom stereocenters. The molecule has 0 saturated carbocycles. The number of hydrogen-bond donors (Lipinski definition) is 3. The predicted molar refractivity (Wildman–Crippen MR) is 56.6 cm³/mol. The Morgan fingerprint density at radius 3 is 2.31 bits per heavy atom. The summed E-state index contributed by atoms with van der Waals surface area (Å²) in [5, 5.41) is 20.4. The summed E-state index contributed by atoms with van der Waals surface area (Å²) in [6.45, 7) is 1.33. The fourth-order valence-corrected chi connectivity index (χ4v) is 1.14. The van der Waals surface area contributed by atoms with E-state index in [0.29, 0.717) is 5.56 Å². The van der Waals surface area contributed by atoms with Crippen LogP contribution in [0.4, 0.5) is 0 Å². The van der Waals surface area contributed by atoms with E-state index in [-0.39, 0.29) is 0 Å². The number of carbonyl (C=O) groups excluding carboxylic acids is 1. The van der Waals surface area contributed by atoms with Crippen molar-refractivity contribution in [3.63, 3.8) is 0 Å². The fourth-order valence-electron chi connectivity index (χ4n) is 1.14. The van der Waals surface area contributed by atoms with Crippen molar-refractivity contribution in [2.45, 2.75) is 19.1 Å². The lowest BCUT2D eigenvalue weighted by molar-refractivity contribution is -0.142. The van der Waals surface area contributed by atoms with Crippen molar-refractivity contribution in [1.29, 1.82) is 0 Å². The van der Waals surface area contributed by atoms with Gasteiger partial charge in [-0.2, -0.15) is 0 Å². The highest BCUT2D eigenvalue weighted by Gasteiger charge is 2.21. The van der Waals surface area contributed by atoms with Crippen LogP contribution in [-0.4, -0.2) is 28.1 Å². The van der Waals surface area contributed by atoms with Crippen molar-refractivity contribution in [3.8, 4) is 0 Å². The first kappa shape index (κ1) is 12.2. The number of aliphatic carboxylic acids is 1. The molecule has 0 aromatic heterocycles. The second-order valence-corrected chi connectivity index (χ2v) is 3.38. The smallest absolute Gasteiger partial charge is 0.325 e. The van der Waals surface area contributed by atoms with Crippen LogP contribution in [0.5, 0.6) is 0 Å². The Morgan fingerprint density at radius 2 is 1.81 bits per heavy atom. The van der Waals surface area contributed by atoms with Gasteiger partial charge in [-0.25, -0.2) is 0 Å². The summed E-state index contributed by atoms with van der Waals surface area (Å²) < 4.78 is 0. The number of carboxylic acid groups (broad SMARTS) is 1. The maximum Gasteiger partial charge on any atom is 0.325 e. The first-order valence-electron chi connectivity index (χ1n) is 4.78. The third kappa shape index (κ3) is 3.06. The highest BCUT2D eigenvalue weighted by molar-refractivity contribution is 5.86. The standard InChI is InChI=1S/C11H13NO4/c1-7(11(15)16)12-10(14)9(13)8-5-3-2-4-6-8/h2-7,9,13H,1H3,(H,12,14)(H,15,16)/t7-,9-/m1/s1. The van der Waals surface area contributed by atoms with Gasteiger partial charge in [0, 0.05) is 0 Å². The molecule has 0 radical (unpaired) electrons. The SMILES string of the molecule is C[C@@H](NC(=O)[C@H](O)c1ccccc1)C(=O)O. The van der Waals surface area contributed by atoms with E-state index in [2.05, 4.69) is 5.32 Å². The fraction of sp³-hybridized carbons (Fsp3) is 0.273. The molecular formula is C11H13NO4. The average molecular weight is 223 g/mol. The van der Waals surface area contributed by atoms with Gasteiger partial charge < -0.3 is 15.5 Å². The van der Waals surface area contributed by atoms with Crippen LogP contribution in [0, 0.1) is 0 Å². The number of hydrogen-bond acceptors (Lipinski definition) is 3. The van der Waals surface area contributed by atoms with Crippen LogP contribution in [0.25, 0.3) is 0 Å². The van der Waals surface area contributed by atoms with E-state index in [1.807, 2.05) is 0 Å². The highest BCUT2D eigenvalue weighted by atomic mass is 16.4. The van der Waals surface area contributed by atoms with Crippen LogP contribution in [0.15, 0.2) is 30.3 Å². The van der Waals surface area contributed by atoms with E-state index in [9.17, 15) is 14.7 Å². The molecule has 0 spiro atoms. The largest absolute Gasteiger partial charge is 0.480 e. The van der Waals surface area contributed by atoms with Gasteiger partial charge in [-0.05, 0) is 12.5 Å². The molecule has 16 heavy (non-hydrogen) atoms. The number of carbonyl (C=O) groups is 2. The summed E-state index contributed by atoms with van der Waals surface area (Å²) in [6, 6.07) is 7.30. The molecule has 0 aliphatic rings.